The van der Waals surface area contributed by atoms with E-state index in [4.69, 9.17) is 0 Å². The van der Waals surface area contributed by atoms with Crippen molar-refractivity contribution in [1.29, 1.82) is 0 Å². The van der Waals surface area contributed by atoms with E-state index in [1.54, 1.807) is 0 Å². The zero-order valence-electron chi connectivity index (χ0n) is 16.8. The van der Waals surface area contributed by atoms with Gasteiger partial charge in [0, 0.05) is 5.39 Å². The number of rotatable bonds is 7. The molecule has 2 N–H and O–H groups in total. The molecule has 0 fully saturated rings. The van der Waals surface area contributed by atoms with E-state index in [2.05, 4.69) is 20.6 Å². The molecule has 0 bridgehead atoms. The Bertz CT molecular complexity index is 1330. The van der Waals surface area contributed by atoms with Gasteiger partial charge in [-0.3, -0.25) is 9.59 Å². The molecule has 2 heterocycles. The van der Waals surface area contributed by atoms with Crippen LogP contribution in [0, 0.1) is 17.5 Å². The monoisotopic (exact) mass is 488 g/mol. The highest BCUT2D eigenvalue weighted by atomic mass is 32.2. The van der Waals surface area contributed by atoms with Gasteiger partial charge in [-0.05, 0) is 29.6 Å². The lowest BCUT2D eigenvalue weighted by Gasteiger charge is -2.09. The topological polar surface area (TPSA) is 84.0 Å². The number of aromatic nitrogens is 2. The van der Waals surface area contributed by atoms with Crippen molar-refractivity contribution in [1.82, 2.24) is 15.3 Å². The minimum atomic E-state index is -1.69. The van der Waals surface area contributed by atoms with E-state index in [0.717, 1.165) is 21.8 Å². The van der Waals surface area contributed by atoms with Crippen molar-refractivity contribution >= 4 is 51.5 Å². The average Bonchev–Trinajstić information content (AvgIpc) is 3.36. The molecule has 2 aromatic heterocycles. The number of thiophene rings is 1. The summed E-state index contributed by atoms with van der Waals surface area (Å²) in [5.41, 5.74) is 0.225. The minimum Gasteiger partial charge on any atom is -0.346 e. The summed E-state index contributed by atoms with van der Waals surface area (Å²) in [5, 5.41) is 7.83. The molecule has 0 saturated heterocycles. The van der Waals surface area contributed by atoms with Crippen LogP contribution >= 0.6 is 23.1 Å². The Kier molecular flexibility index (Phi) is 6.90. The molecule has 4 rings (SSSR count). The van der Waals surface area contributed by atoms with Crippen LogP contribution in [0.4, 0.5) is 18.9 Å². The van der Waals surface area contributed by atoms with E-state index in [-0.39, 0.29) is 5.75 Å². The van der Waals surface area contributed by atoms with Gasteiger partial charge in [0.1, 0.15) is 5.03 Å². The average molecular weight is 489 g/mol. The van der Waals surface area contributed by atoms with Crippen LogP contribution in [0.5, 0.6) is 0 Å². The molecule has 0 radical (unpaired) electrons. The molecule has 4 aromatic rings. The lowest BCUT2D eigenvalue weighted by atomic mass is 10.2. The summed E-state index contributed by atoms with van der Waals surface area (Å²) in [6, 6.07) is 12.8. The second kappa shape index (κ2) is 10.0. The largest absolute Gasteiger partial charge is 0.346 e. The van der Waals surface area contributed by atoms with Gasteiger partial charge < -0.3 is 10.6 Å². The highest BCUT2D eigenvalue weighted by Crippen LogP contribution is 2.30. The Hall–Kier alpha value is -3.44. The lowest BCUT2D eigenvalue weighted by molar-refractivity contribution is -0.122. The van der Waals surface area contributed by atoms with Crippen molar-refractivity contribution in [2.24, 2.45) is 0 Å². The van der Waals surface area contributed by atoms with Gasteiger partial charge in [0.05, 0.1) is 28.4 Å². The molecular formula is C22H15F3N4O2S2. The third-order valence-electron chi connectivity index (χ3n) is 4.41. The van der Waals surface area contributed by atoms with Crippen molar-refractivity contribution in [3.05, 3.63) is 71.4 Å². The highest BCUT2D eigenvalue weighted by Gasteiger charge is 2.16. The van der Waals surface area contributed by atoms with Gasteiger partial charge in [0.25, 0.3) is 0 Å². The number of hydrogen-bond acceptors (Lipinski definition) is 6. The predicted molar refractivity (Wildman–Crippen MR) is 122 cm³/mol. The second-order valence-electron chi connectivity index (χ2n) is 6.68. The number of carbonyl (C=O) groups excluding carboxylic acids is 2. The van der Waals surface area contributed by atoms with Gasteiger partial charge in [-0.15, -0.1) is 11.3 Å². The van der Waals surface area contributed by atoms with E-state index in [1.165, 1.54) is 23.1 Å². The summed E-state index contributed by atoms with van der Waals surface area (Å²) < 4.78 is 39.9. The molecule has 0 aliphatic heterocycles. The number of carbonyl (C=O) groups is 2. The SMILES string of the molecule is O=C(CSc1nc(-c2cccs2)nc2ccccc12)NCC(=O)Nc1ccc(F)c(F)c1F. The zero-order chi connectivity index (χ0) is 23.4. The summed E-state index contributed by atoms with van der Waals surface area (Å²) in [5.74, 6) is -5.28. The minimum absolute atomic E-state index is 0.0301. The Morgan fingerprint density at radius 1 is 0.939 bits per heavy atom. The number of amides is 2. The quantitative estimate of drug-likeness (QED) is 0.225. The van der Waals surface area contributed by atoms with E-state index in [1.807, 2.05) is 41.8 Å². The van der Waals surface area contributed by atoms with Gasteiger partial charge in [-0.2, -0.15) is 0 Å². The molecule has 33 heavy (non-hydrogen) atoms. The molecule has 0 unspecified atom stereocenters. The van der Waals surface area contributed by atoms with Crippen molar-refractivity contribution in [2.75, 3.05) is 17.6 Å². The molecule has 0 aliphatic rings. The molecule has 168 valence electrons. The lowest BCUT2D eigenvalue weighted by Crippen LogP contribution is -2.34. The van der Waals surface area contributed by atoms with E-state index in [0.29, 0.717) is 16.9 Å². The molecular weight excluding hydrogens is 473 g/mol. The summed E-state index contributed by atoms with van der Waals surface area (Å²) in [6.07, 6.45) is 0. The van der Waals surface area contributed by atoms with Gasteiger partial charge in [0.15, 0.2) is 23.3 Å². The fraction of sp³-hybridized carbons (Fsp3) is 0.0909. The molecule has 11 heteroatoms. The summed E-state index contributed by atoms with van der Waals surface area (Å²) in [4.78, 5) is 34.3. The first-order valence-corrected chi connectivity index (χ1v) is 11.4. The van der Waals surface area contributed by atoms with Crippen LogP contribution < -0.4 is 10.6 Å². The molecule has 0 aliphatic carbocycles. The number of thioether (sulfide) groups is 1. The Balaban J connectivity index is 1.38. The highest BCUT2D eigenvalue weighted by molar-refractivity contribution is 8.00. The fourth-order valence-corrected chi connectivity index (χ4v) is 4.36. The first kappa shape index (κ1) is 22.7. The number of nitrogens with one attached hydrogen (secondary N) is 2. The third kappa shape index (κ3) is 5.32. The molecule has 0 atom stereocenters. The van der Waals surface area contributed by atoms with Crippen LogP contribution in [0.15, 0.2) is 58.9 Å². The third-order valence-corrected chi connectivity index (χ3v) is 6.26. The predicted octanol–water partition coefficient (Wildman–Crippen LogP) is 4.62. The number of fused-ring (bicyclic) bond motifs is 1. The Morgan fingerprint density at radius 2 is 1.76 bits per heavy atom. The summed E-state index contributed by atoms with van der Waals surface area (Å²) in [6.45, 7) is -0.469. The van der Waals surface area contributed by atoms with Crippen LogP contribution in [0.25, 0.3) is 21.6 Å². The number of halogens is 3. The molecule has 0 spiro atoms. The number of nitrogens with zero attached hydrogens (tertiary/aromatic N) is 2. The van der Waals surface area contributed by atoms with Crippen LogP contribution in [0.2, 0.25) is 0 Å². The van der Waals surface area contributed by atoms with Gasteiger partial charge in [-0.25, -0.2) is 23.1 Å². The van der Waals surface area contributed by atoms with Crippen molar-refractivity contribution in [3.8, 4) is 10.7 Å². The van der Waals surface area contributed by atoms with Crippen LogP contribution in [0.3, 0.4) is 0 Å². The van der Waals surface area contributed by atoms with Crippen LogP contribution in [-0.2, 0) is 9.59 Å². The maximum atomic E-state index is 13.7. The fourth-order valence-electron chi connectivity index (χ4n) is 2.85. The van der Waals surface area contributed by atoms with Crippen molar-refractivity contribution < 1.29 is 22.8 Å². The Morgan fingerprint density at radius 3 is 2.55 bits per heavy atom. The van der Waals surface area contributed by atoms with Crippen molar-refractivity contribution in [3.63, 3.8) is 0 Å². The van der Waals surface area contributed by atoms with E-state index in [9.17, 15) is 22.8 Å². The van der Waals surface area contributed by atoms with Crippen LogP contribution in [-0.4, -0.2) is 34.1 Å². The normalized spacial score (nSPS) is 10.9. The summed E-state index contributed by atoms with van der Waals surface area (Å²) in [7, 11) is 0. The zero-order valence-corrected chi connectivity index (χ0v) is 18.4. The Labute approximate surface area is 194 Å². The number of benzene rings is 2. The van der Waals surface area contributed by atoms with Crippen LogP contribution in [0.1, 0.15) is 0 Å². The number of hydrogen-bond donors (Lipinski definition) is 2. The van der Waals surface area contributed by atoms with Gasteiger partial charge in [0.2, 0.25) is 11.8 Å². The molecule has 0 saturated carbocycles. The molecule has 2 aromatic carbocycles. The van der Waals surface area contributed by atoms with E-state index < -0.39 is 41.5 Å². The summed E-state index contributed by atoms with van der Waals surface area (Å²) >= 11 is 2.69. The van der Waals surface area contributed by atoms with Crippen molar-refractivity contribution in [2.45, 2.75) is 5.03 Å². The standard InChI is InChI=1S/C22H15F3N4O2S2/c23-13-7-8-15(20(25)19(13)24)27-17(30)10-26-18(31)11-33-22-12-4-1-2-5-14(12)28-21(29-22)16-6-3-9-32-16/h1-9H,10-11H2,(H,26,31)(H,27,30). The first-order valence-electron chi connectivity index (χ1n) is 9.56. The number of anilines is 1. The molecule has 2 amide bonds. The maximum Gasteiger partial charge on any atom is 0.243 e. The van der Waals surface area contributed by atoms with Gasteiger partial charge >= 0.3 is 0 Å². The molecule has 6 nitrogen and oxygen atoms in total. The maximum absolute atomic E-state index is 13.7. The smallest absolute Gasteiger partial charge is 0.243 e. The number of para-hydroxylation sites is 1. The first-order chi connectivity index (χ1) is 15.9. The van der Waals surface area contributed by atoms with E-state index >= 15 is 0 Å². The van der Waals surface area contributed by atoms with Gasteiger partial charge in [-0.1, -0.05) is 36.0 Å². The second-order valence-corrected chi connectivity index (χ2v) is 8.60.